The third kappa shape index (κ3) is 5.78. The minimum Gasteiger partial charge on any atom is -0.389 e. The van der Waals surface area contributed by atoms with Crippen LogP contribution in [0.4, 0.5) is 0 Å². The van der Waals surface area contributed by atoms with Gasteiger partial charge in [-0.3, -0.25) is 67.8 Å². The van der Waals surface area contributed by atoms with Gasteiger partial charge in [-0.25, -0.2) is 4.57 Å². The summed E-state index contributed by atoms with van der Waals surface area (Å²) in [6, 6.07) is 26.8. The van der Waals surface area contributed by atoms with Crippen LogP contribution in [0.2, 0.25) is 0 Å². The van der Waals surface area contributed by atoms with E-state index in [1.54, 1.807) is 97.1 Å². The maximum atomic E-state index is 14.0. The number of carbonyl (C=O) groups is 8. The molecule has 10 aromatic carbocycles. The van der Waals surface area contributed by atoms with Gasteiger partial charge in [0.25, 0.3) is 47.3 Å². The second-order valence-corrected chi connectivity index (χ2v) is 20.1. The van der Waals surface area contributed by atoms with Gasteiger partial charge >= 0.3 is 7.82 Å². The van der Waals surface area contributed by atoms with Crippen LogP contribution in [-0.4, -0.2) is 111 Å². The molecule has 5 N–H and O–H groups in total. The average Bonchev–Trinajstić information content (AvgIpc) is 3.38. The lowest BCUT2D eigenvalue weighted by Gasteiger charge is -2.30. The van der Waals surface area contributed by atoms with E-state index >= 15 is 0 Å². The molecule has 73 heavy (non-hydrogen) atoms. The molecule has 19 heteroatoms. The van der Waals surface area contributed by atoms with Crippen LogP contribution in [-0.2, 0) is 13.6 Å². The average molecular weight is 991 g/mol. The van der Waals surface area contributed by atoms with Gasteiger partial charge in [-0.1, -0.05) is 48.5 Å². The molecule has 0 saturated carbocycles. The summed E-state index contributed by atoms with van der Waals surface area (Å²) in [6.45, 7) is -3.08. The van der Waals surface area contributed by atoms with Crippen molar-refractivity contribution in [3.63, 3.8) is 0 Å². The number of carbonyl (C=O) groups excluding carboxylic acids is 8. The summed E-state index contributed by atoms with van der Waals surface area (Å²) >= 11 is 0. The molecule has 4 aliphatic rings. The zero-order valence-electron chi connectivity index (χ0n) is 37.4. The fraction of sp³-hybridized carbons (Fsp3) is 0.111. The minimum absolute atomic E-state index is 0.162. The van der Waals surface area contributed by atoms with E-state index in [0.29, 0.717) is 108 Å². The molecular formula is C54H31N4O14P. The molecule has 0 aromatic heterocycles. The highest BCUT2D eigenvalue weighted by molar-refractivity contribution is 7.47. The van der Waals surface area contributed by atoms with E-state index in [4.69, 9.17) is 9.05 Å². The molecule has 0 bridgehead atoms. The smallest absolute Gasteiger partial charge is 0.389 e. The summed E-state index contributed by atoms with van der Waals surface area (Å²) in [5.41, 5.74) is 2.05. The Morgan fingerprint density at radius 1 is 0.370 bits per heavy atom. The maximum absolute atomic E-state index is 14.0. The summed E-state index contributed by atoms with van der Waals surface area (Å²) < 4.78 is 23.1. The van der Waals surface area contributed by atoms with E-state index < -0.39 is 93.6 Å². The molecule has 4 heterocycles. The highest BCUT2D eigenvalue weighted by Crippen LogP contribution is 2.48. The third-order valence-corrected chi connectivity index (χ3v) is 15.7. The summed E-state index contributed by atoms with van der Waals surface area (Å²) in [6.07, 6.45) is -3.38. The number of benzene rings is 10. The largest absolute Gasteiger partial charge is 0.472 e. The Morgan fingerprint density at radius 2 is 0.589 bits per heavy atom. The van der Waals surface area contributed by atoms with Crippen molar-refractivity contribution in [1.29, 1.82) is 0 Å². The summed E-state index contributed by atoms with van der Waals surface area (Å²) in [7, 11) is -5.05. The number of fused-ring (bicyclic) bond motifs is 4. The molecule has 0 saturated heterocycles. The summed E-state index contributed by atoms with van der Waals surface area (Å²) in [5, 5.41) is 36.8. The number of β-amino-alcohol motifs (C(OH)–C–C–N with tert-alkyl or cyclic N) is 2. The van der Waals surface area contributed by atoms with Gasteiger partial charge in [-0.05, 0) is 113 Å². The van der Waals surface area contributed by atoms with Gasteiger partial charge in [0, 0.05) is 66.1 Å². The van der Waals surface area contributed by atoms with Crippen LogP contribution in [0, 0.1) is 0 Å². The Bertz CT molecular complexity index is 3940. The number of rotatable bonds is 10. The van der Waals surface area contributed by atoms with E-state index in [2.05, 4.69) is 10.6 Å². The number of aliphatic hydroxyl groups excluding tert-OH is 2. The zero-order valence-corrected chi connectivity index (χ0v) is 38.3. The fourth-order valence-electron chi connectivity index (χ4n) is 11.7. The van der Waals surface area contributed by atoms with Crippen molar-refractivity contribution < 1.29 is 67.1 Å². The second-order valence-electron chi connectivity index (χ2n) is 18.7. The molecule has 18 nitrogen and oxygen atoms in total. The Morgan fingerprint density at radius 3 is 0.836 bits per heavy atom. The first-order chi connectivity index (χ1) is 35.1. The van der Waals surface area contributed by atoms with Gasteiger partial charge in [-0.15, -0.1) is 0 Å². The van der Waals surface area contributed by atoms with Gasteiger partial charge in [-0.2, -0.15) is 0 Å². The number of nitrogens with one attached hydrogen (secondary N) is 2. The molecule has 2 atom stereocenters. The van der Waals surface area contributed by atoms with Gasteiger partial charge in [0.15, 0.2) is 0 Å². The molecule has 4 aliphatic heterocycles. The lowest BCUT2D eigenvalue weighted by Crippen LogP contribution is -2.45. The predicted octanol–water partition coefficient (Wildman–Crippen LogP) is 6.30. The molecule has 8 amide bonds. The second kappa shape index (κ2) is 14.7. The molecule has 356 valence electrons. The van der Waals surface area contributed by atoms with Crippen molar-refractivity contribution in [1.82, 2.24) is 20.4 Å². The number of nitrogens with zero attached hydrogens (tertiary/aromatic N) is 2. The number of phosphoric acid groups is 1. The minimum atomic E-state index is -5.05. The van der Waals surface area contributed by atoms with E-state index in [-0.39, 0.29) is 22.3 Å². The van der Waals surface area contributed by atoms with Crippen LogP contribution in [0.15, 0.2) is 97.1 Å². The van der Waals surface area contributed by atoms with Gasteiger partial charge in [0.05, 0.1) is 38.5 Å². The van der Waals surface area contributed by atoms with Crippen LogP contribution in [0.3, 0.4) is 0 Å². The van der Waals surface area contributed by atoms with Crippen molar-refractivity contribution in [3.05, 3.63) is 142 Å². The van der Waals surface area contributed by atoms with Gasteiger partial charge in [0.1, 0.15) is 0 Å². The van der Waals surface area contributed by atoms with E-state index in [9.17, 15) is 58.0 Å². The normalized spacial score (nSPS) is 17.2. The highest BCUT2D eigenvalue weighted by atomic mass is 31.2. The Kier molecular flexibility index (Phi) is 8.72. The SMILES string of the molecule is O=C1NC(=O)c2ccc3c4ccc5c6c(ccc(c7ccc1c2c73)c64)C(=O)N(CC(O)COP(=O)(O)OCC(O)CN1C(=O)c2ccc3c4ccc6c7c(ccc(c8ccc(c2c38)C1=O)c74)C(=O)NC6=O)C5=O. The molecule has 10 aromatic rings. The maximum Gasteiger partial charge on any atom is 0.472 e. The molecule has 0 spiro atoms. The third-order valence-electron chi connectivity index (χ3n) is 14.8. The first-order valence-electron chi connectivity index (χ1n) is 22.9. The number of imide groups is 4. The van der Waals surface area contributed by atoms with Gasteiger partial charge < -0.3 is 15.1 Å². The molecule has 0 aliphatic carbocycles. The monoisotopic (exact) mass is 990 g/mol. The topological polar surface area (TPSA) is 263 Å². The van der Waals surface area contributed by atoms with E-state index in [1.807, 2.05) is 0 Å². The fourth-order valence-corrected chi connectivity index (χ4v) is 12.5. The lowest BCUT2D eigenvalue weighted by molar-refractivity contribution is 0.0241. The van der Waals surface area contributed by atoms with Crippen LogP contribution in [0.1, 0.15) is 82.9 Å². The Balaban J connectivity index is 0.668. The Hall–Kier alpha value is -8.61. The zero-order chi connectivity index (χ0) is 50.3. The number of hydrogen-bond donors (Lipinski definition) is 5. The van der Waals surface area contributed by atoms with Crippen LogP contribution in [0.5, 0.6) is 0 Å². The molecular weight excluding hydrogens is 960 g/mol. The molecule has 0 fully saturated rings. The first kappa shape index (κ1) is 43.2. The quantitative estimate of drug-likeness (QED) is 0.0436. The number of phosphoric ester groups is 1. The van der Waals surface area contributed by atoms with Crippen molar-refractivity contribution >= 4 is 141 Å². The van der Waals surface area contributed by atoms with Crippen LogP contribution in [0.25, 0.3) is 86.2 Å². The molecule has 14 rings (SSSR count). The summed E-state index contributed by atoms with van der Waals surface area (Å²) in [5.74, 6) is -5.00. The van der Waals surface area contributed by atoms with Crippen LogP contribution < -0.4 is 10.6 Å². The van der Waals surface area contributed by atoms with E-state index in [1.165, 1.54) is 0 Å². The van der Waals surface area contributed by atoms with E-state index in [0.717, 1.165) is 9.80 Å². The Labute approximate surface area is 407 Å². The van der Waals surface area contributed by atoms with Crippen LogP contribution >= 0.6 is 7.82 Å². The number of aliphatic hydroxyl groups is 2. The first-order valence-corrected chi connectivity index (χ1v) is 24.4. The van der Waals surface area contributed by atoms with Crippen molar-refractivity contribution in [3.8, 4) is 0 Å². The standard InChI is InChI=1S/C54H31N4O14P/c59-21(17-57-51(65)35-13-5-27-23-1-9-31-43-32(48(62)55-47(31)61)10-2-24(39(23)43)28-6-14-36(52(57)66)45(35)41(27)28)19-71-73(69,70)72-20-22(60)18-58-53(67)37-15-7-29-25-3-11-33-44-34(50(64)56-49(33)63)12-4-26(40(25)44)30-8-16-38(54(58)68)46(37)42(29)30/h1-16,21-22,59-60H,17-20H2,(H,69,70)(H,55,61,62)(H,56,63,64). The van der Waals surface area contributed by atoms with Crippen molar-refractivity contribution in [2.45, 2.75) is 12.2 Å². The lowest BCUT2D eigenvalue weighted by atomic mass is 9.82. The van der Waals surface area contributed by atoms with Gasteiger partial charge in [0.2, 0.25) is 0 Å². The molecule has 0 radical (unpaired) electrons. The molecule has 2 unspecified atom stereocenters. The van der Waals surface area contributed by atoms with Crippen molar-refractivity contribution in [2.75, 3.05) is 26.3 Å². The summed E-state index contributed by atoms with van der Waals surface area (Å²) in [4.78, 5) is 120. The van der Waals surface area contributed by atoms with Crippen molar-refractivity contribution in [2.24, 2.45) is 0 Å². The highest BCUT2D eigenvalue weighted by Gasteiger charge is 2.39. The number of amides is 8. The predicted molar refractivity (Wildman–Crippen MR) is 263 cm³/mol. The number of hydrogen-bond acceptors (Lipinski definition) is 13.